The summed E-state index contributed by atoms with van der Waals surface area (Å²) >= 11 is 1.90. The minimum Gasteiger partial charge on any atom is -0.309 e. The van der Waals surface area contributed by atoms with Crippen molar-refractivity contribution in [2.75, 3.05) is 0 Å². The van der Waals surface area contributed by atoms with Crippen molar-refractivity contribution in [3.63, 3.8) is 0 Å². The molecule has 0 N–H and O–H groups in total. The normalized spacial score (nSPS) is 14.9. The third-order valence-corrected chi connectivity index (χ3v) is 36.6. The lowest BCUT2D eigenvalue weighted by molar-refractivity contribution is 0.647. The molecule has 0 fully saturated rings. The molecule has 149 heavy (non-hydrogen) atoms. The fourth-order valence-corrected chi connectivity index (χ4v) is 29.0. The molecule has 0 saturated carbocycles. The van der Waals surface area contributed by atoms with E-state index in [4.69, 9.17) is 0 Å². The lowest BCUT2D eigenvalue weighted by Gasteiger charge is -2.26. The zero-order valence-electron chi connectivity index (χ0n) is 86.0. The fraction of sp³-hybridized carbons (Fsp3) is 0.123. The molecule has 0 atom stereocenters. The van der Waals surface area contributed by atoms with Crippen LogP contribution >= 0.6 is 11.3 Å². The number of aromatic nitrogens is 2. The van der Waals surface area contributed by atoms with Crippen molar-refractivity contribution in [2.24, 2.45) is 0 Å². The second-order valence-electron chi connectivity index (χ2n) is 45.7. The van der Waals surface area contributed by atoms with E-state index < -0.39 is 0 Å². The maximum absolute atomic E-state index is 2.49. The van der Waals surface area contributed by atoms with Crippen LogP contribution in [-0.2, 0) is 32.5 Å². The molecular formula is C146H110N2S. The van der Waals surface area contributed by atoms with Crippen LogP contribution in [0.5, 0.6) is 0 Å². The zero-order chi connectivity index (χ0) is 100. The largest absolute Gasteiger partial charge is 0.309 e. The van der Waals surface area contributed by atoms with E-state index >= 15 is 0 Å². The van der Waals surface area contributed by atoms with Gasteiger partial charge in [0.15, 0.2) is 0 Å². The van der Waals surface area contributed by atoms with Crippen LogP contribution in [0.1, 0.15) is 150 Å². The number of benzene rings is 22. The van der Waals surface area contributed by atoms with Crippen LogP contribution in [0, 0.1) is 0 Å². The quantitative estimate of drug-likeness (QED) is 0.143. The molecule has 22 aromatic carbocycles. The van der Waals surface area contributed by atoms with Crippen molar-refractivity contribution < 1.29 is 0 Å². The zero-order valence-corrected chi connectivity index (χ0v) is 86.8. The van der Waals surface area contributed by atoms with E-state index in [0.717, 1.165) is 11.4 Å². The van der Waals surface area contributed by atoms with E-state index in [-0.39, 0.29) is 32.5 Å². The lowest BCUT2D eigenvalue weighted by Crippen LogP contribution is -2.18. The molecule has 710 valence electrons. The molecule has 0 aliphatic heterocycles. The van der Waals surface area contributed by atoms with Gasteiger partial charge in [0.05, 0.1) is 22.1 Å². The molecule has 25 aromatic rings. The Morgan fingerprint density at radius 2 is 0.456 bits per heavy atom. The Labute approximate surface area is 875 Å². The van der Waals surface area contributed by atoms with Crippen molar-refractivity contribution in [3.05, 3.63) is 516 Å². The smallest absolute Gasteiger partial charge is 0.0541 e. The van der Waals surface area contributed by atoms with E-state index in [1.54, 1.807) is 0 Å². The van der Waals surface area contributed by atoms with Gasteiger partial charge in [-0.3, -0.25) is 0 Å². The summed E-state index contributed by atoms with van der Waals surface area (Å²) in [7, 11) is 0. The molecule has 2 nitrogen and oxygen atoms in total. The summed E-state index contributed by atoms with van der Waals surface area (Å²) in [5.41, 5.74) is 55.9. The molecular weight excluding hydrogens is 1810 g/mol. The Hall–Kier alpha value is -16.8. The van der Waals surface area contributed by atoms with Gasteiger partial charge in [0, 0.05) is 85.6 Å². The molecule has 6 aliphatic rings. The summed E-state index contributed by atoms with van der Waals surface area (Å²) in [6.45, 7) is 28.7. The highest BCUT2D eigenvalue weighted by molar-refractivity contribution is 7.26. The summed E-state index contributed by atoms with van der Waals surface area (Å²) in [5.74, 6) is 0. The second-order valence-corrected chi connectivity index (χ2v) is 46.7. The van der Waals surface area contributed by atoms with Gasteiger partial charge in [0.1, 0.15) is 0 Å². The summed E-state index contributed by atoms with van der Waals surface area (Å²) in [5, 5.41) is 12.8. The summed E-state index contributed by atoms with van der Waals surface area (Å²) in [6, 6.07) is 168. The third-order valence-electron chi connectivity index (χ3n) is 35.4. The maximum Gasteiger partial charge on any atom is 0.0541 e. The monoisotopic (exact) mass is 1920 g/mol. The van der Waals surface area contributed by atoms with Crippen LogP contribution < -0.4 is 0 Å². The van der Waals surface area contributed by atoms with Crippen LogP contribution in [-0.4, -0.2) is 9.13 Å². The molecule has 0 spiro atoms. The van der Waals surface area contributed by atoms with Gasteiger partial charge in [-0.1, -0.05) is 435 Å². The Kier molecular flexibility index (Phi) is 19.2. The lowest BCUT2D eigenvalue weighted by atomic mass is 9.77. The first-order chi connectivity index (χ1) is 72.4. The average molecular weight is 1920 g/mol. The Bertz CT molecular complexity index is 9880. The van der Waals surface area contributed by atoms with E-state index in [2.05, 4.69) is 541 Å². The third kappa shape index (κ3) is 13.1. The second kappa shape index (κ2) is 32.3. The minimum atomic E-state index is -0.181. The number of nitrogens with zero attached hydrogens (tertiary/aromatic N) is 2. The van der Waals surface area contributed by atoms with Gasteiger partial charge in [-0.05, 0) is 319 Å². The molecule has 31 rings (SSSR count). The highest BCUT2D eigenvalue weighted by Crippen LogP contribution is 2.64. The molecule has 3 heterocycles. The van der Waals surface area contributed by atoms with Gasteiger partial charge in [-0.25, -0.2) is 0 Å². The van der Waals surface area contributed by atoms with Gasteiger partial charge in [0.2, 0.25) is 0 Å². The number of para-hydroxylation sites is 4. The van der Waals surface area contributed by atoms with Crippen molar-refractivity contribution in [1.82, 2.24) is 9.13 Å². The predicted octanol–water partition coefficient (Wildman–Crippen LogP) is 39.8. The van der Waals surface area contributed by atoms with Crippen LogP contribution in [0.3, 0.4) is 0 Å². The first kappa shape index (κ1) is 88.7. The fourth-order valence-electron chi connectivity index (χ4n) is 27.8. The molecule has 0 saturated heterocycles. The number of fused-ring (bicyclic) bond motifs is 32. The molecule has 0 bridgehead atoms. The molecule has 0 unspecified atom stereocenters. The molecule has 0 amide bonds. The highest BCUT2D eigenvalue weighted by atomic mass is 32.1. The summed E-state index contributed by atoms with van der Waals surface area (Å²) in [4.78, 5) is 0. The maximum atomic E-state index is 2.49. The molecule has 0 radical (unpaired) electrons. The van der Waals surface area contributed by atoms with Gasteiger partial charge >= 0.3 is 0 Å². The van der Waals surface area contributed by atoms with Gasteiger partial charge in [-0.2, -0.15) is 0 Å². The topological polar surface area (TPSA) is 9.86 Å². The molecule has 6 aliphatic carbocycles. The van der Waals surface area contributed by atoms with Crippen LogP contribution in [0.4, 0.5) is 0 Å². The van der Waals surface area contributed by atoms with Crippen LogP contribution in [0.15, 0.2) is 449 Å². The Balaban J connectivity index is 0.000000106. The SMILES string of the molecule is CC1(C)c2ccccc2-c2c1ccc1c2-c2ccc(-c3cccc(-c4ccc5cc(-c6ccc7ccccc7c6)ccc5c4)c3)cc2C1(C)C.CC1(C)c2ccccc2-c2c1ccc1c2-c2ccc(-c3cccc(-c4cccc5c4sc4ccccc45)c3)cc2C1(C)C.CC1(C)c2ccccc2-c2c1ccc1c2C(C)(C)c2cc(-c3cc(-n4c5ccccc5c5ccccc54)cc(-n4c5ccccc5c5ccccc54)c3)ccc2-1. The summed E-state index contributed by atoms with van der Waals surface area (Å²) < 4.78 is 7.63. The van der Waals surface area contributed by atoms with Crippen molar-refractivity contribution >= 4 is 96.7 Å². The number of hydrogen-bond donors (Lipinski definition) is 0. The average Bonchev–Trinajstić information content (AvgIpc) is 1.53. The number of hydrogen-bond acceptors (Lipinski definition) is 1. The predicted molar refractivity (Wildman–Crippen MR) is 634 cm³/mol. The molecule has 3 aromatic heterocycles. The number of thiophene rings is 1. The highest BCUT2D eigenvalue weighted by Gasteiger charge is 2.48. The van der Waals surface area contributed by atoms with Crippen molar-refractivity contribution in [3.8, 4) is 145 Å². The van der Waals surface area contributed by atoms with Gasteiger partial charge in [0.25, 0.3) is 0 Å². The Morgan fingerprint density at radius 3 is 0.926 bits per heavy atom. The summed E-state index contributed by atoms with van der Waals surface area (Å²) in [6.07, 6.45) is 0. The first-order valence-corrected chi connectivity index (χ1v) is 53.8. The van der Waals surface area contributed by atoms with Crippen molar-refractivity contribution in [1.29, 1.82) is 0 Å². The van der Waals surface area contributed by atoms with E-state index in [9.17, 15) is 0 Å². The van der Waals surface area contributed by atoms with Gasteiger partial charge in [-0.15, -0.1) is 11.3 Å². The molecule has 3 heteroatoms. The van der Waals surface area contributed by atoms with Crippen LogP contribution in [0.2, 0.25) is 0 Å². The van der Waals surface area contributed by atoms with E-state index in [1.165, 1.54) is 286 Å². The van der Waals surface area contributed by atoms with Crippen molar-refractivity contribution in [2.45, 2.75) is 116 Å². The van der Waals surface area contributed by atoms with Crippen LogP contribution in [0.25, 0.3) is 230 Å². The van der Waals surface area contributed by atoms with E-state index in [0.29, 0.717) is 0 Å². The van der Waals surface area contributed by atoms with Gasteiger partial charge < -0.3 is 9.13 Å². The Morgan fingerprint density at radius 1 is 0.161 bits per heavy atom. The standard InChI is InChI=1S/C54H40N2.C50H38.C42H32S/c1-53(2)44-20-10-5-19-43(44)51-45(53)28-27-42-37-26-25-33(31-46(37)54(3,4)52(42)51)34-29-35(55-47-21-11-6-15-38(47)39-16-7-12-22-48(39)55)32-36(30-34)56-49-23-13-8-17-40(49)41-18-9-14-24-50(41)56;1-49(2)43-15-8-7-14-41(43)47-44(49)24-25-45-48(47)42-23-22-40(30-46(42)50(45,3)4)34-13-9-12-33(27-34)35-18-19-39-29-38(21-20-37(39)28-35)36-17-16-31-10-5-6-11-32(31)26-36;1-41(2)33-17-7-5-14-31(33)38-34(41)21-22-35-39(38)32-20-19-26(24-36(32)42(35,3)4)25-11-9-12-27(23-25)28-15-10-16-30-29-13-6-8-18-37(29)43-40(28)30/h5-32H,1-4H3;5-30H,1-4H3;5-24H,1-4H3. The van der Waals surface area contributed by atoms with E-state index in [1.807, 2.05) is 11.3 Å². The first-order valence-electron chi connectivity index (χ1n) is 53.0. The minimum absolute atomic E-state index is 0.00346. The number of rotatable bonds is 8.